The van der Waals surface area contributed by atoms with Crippen molar-refractivity contribution in [2.75, 3.05) is 0 Å². The zero-order valence-corrected chi connectivity index (χ0v) is 6.32. The van der Waals surface area contributed by atoms with Crippen LogP contribution in [0.3, 0.4) is 0 Å². The van der Waals surface area contributed by atoms with E-state index in [9.17, 15) is 18.0 Å². The number of rotatable bonds is 4. The quantitative estimate of drug-likeness (QED) is 0.620. The third-order valence-corrected chi connectivity index (χ3v) is 1.26. The Bertz CT molecular complexity index is 192. The van der Waals surface area contributed by atoms with Crippen molar-refractivity contribution in [1.29, 1.82) is 5.26 Å². The number of Topliss-reactive ketones (excluding diaryl/α,β-unsaturated/α-hetero) is 1. The topological polar surface area (TPSA) is 40.9 Å². The minimum atomic E-state index is -4.72. The lowest BCUT2D eigenvalue weighted by molar-refractivity contribution is -0.171. The van der Waals surface area contributed by atoms with Gasteiger partial charge in [0.2, 0.25) is 5.78 Å². The first kappa shape index (κ1) is 11.0. The van der Waals surface area contributed by atoms with Crippen LogP contribution in [-0.4, -0.2) is 12.0 Å². The highest BCUT2D eigenvalue weighted by Crippen LogP contribution is 2.19. The number of carbonyl (C=O) groups is 1. The van der Waals surface area contributed by atoms with Crippen molar-refractivity contribution >= 4 is 5.78 Å². The Kier molecular flexibility index (Phi) is 4.34. The number of ketones is 1. The molecular weight excluding hydrogens is 171 g/mol. The second-order valence-electron chi connectivity index (χ2n) is 2.29. The third-order valence-electron chi connectivity index (χ3n) is 1.26. The van der Waals surface area contributed by atoms with Crippen molar-refractivity contribution in [2.24, 2.45) is 0 Å². The van der Waals surface area contributed by atoms with Gasteiger partial charge < -0.3 is 0 Å². The maximum Gasteiger partial charge on any atom is 0.449 e. The summed E-state index contributed by atoms with van der Waals surface area (Å²) in [7, 11) is 0. The molecule has 0 saturated heterocycles. The van der Waals surface area contributed by atoms with Gasteiger partial charge in [-0.15, -0.1) is 0 Å². The van der Waals surface area contributed by atoms with Gasteiger partial charge in [-0.3, -0.25) is 4.79 Å². The Morgan fingerprint density at radius 2 is 1.92 bits per heavy atom. The number of unbranched alkanes of at least 4 members (excludes halogenated alkanes) is 2. The summed E-state index contributed by atoms with van der Waals surface area (Å²) in [5.41, 5.74) is 0. The molecular formula is C7H8F3NO. The Hall–Kier alpha value is -1.05. The summed E-state index contributed by atoms with van der Waals surface area (Å²) in [5.74, 6) is -1.71. The van der Waals surface area contributed by atoms with E-state index in [1.165, 1.54) is 0 Å². The van der Waals surface area contributed by atoms with Gasteiger partial charge in [0.15, 0.2) is 0 Å². The molecule has 0 aliphatic heterocycles. The van der Waals surface area contributed by atoms with E-state index in [2.05, 4.69) is 0 Å². The van der Waals surface area contributed by atoms with Gasteiger partial charge in [0.05, 0.1) is 6.07 Å². The molecule has 0 aromatic rings. The van der Waals surface area contributed by atoms with E-state index < -0.39 is 18.4 Å². The second kappa shape index (κ2) is 4.75. The molecule has 0 heterocycles. The first-order chi connectivity index (χ1) is 5.48. The Morgan fingerprint density at radius 3 is 2.33 bits per heavy atom. The normalized spacial score (nSPS) is 10.8. The maximum atomic E-state index is 11.5. The highest BCUT2D eigenvalue weighted by molar-refractivity contribution is 5.83. The van der Waals surface area contributed by atoms with E-state index in [4.69, 9.17) is 5.26 Å². The molecule has 0 bridgehead atoms. The summed E-state index contributed by atoms with van der Waals surface area (Å²) in [6.45, 7) is 0. The van der Waals surface area contributed by atoms with Crippen LogP contribution < -0.4 is 0 Å². The van der Waals surface area contributed by atoms with Crippen molar-refractivity contribution in [1.82, 2.24) is 0 Å². The van der Waals surface area contributed by atoms with Gasteiger partial charge in [-0.25, -0.2) is 0 Å². The summed E-state index contributed by atoms with van der Waals surface area (Å²) in [4.78, 5) is 10.2. The summed E-state index contributed by atoms with van der Waals surface area (Å²) in [6, 6.07) is 1.79. The highest BCUT2D eigenvalue weighted by atomic mass is 19.4. The lowest BCUT2D eigenvalue weighted by atomic mass is 10.1. The van der Waals surface area contributed by atoms with Gasteiger partial charge in [-0.1, -0.05) is 0 Å². The van der Waals surface area contributed by atoms with E-state index >= 15 is 0 Å². The molecule has 0 fully saturated rings. The van der Waals surface area contributed by atoms with Gasteiger partial charge in [-0.05, 0) is 12.8 Å². The molecule has 0 amide bonds. The number of carbonyl (C=O) groups excluding carboxylic acids is 1. The molecule has 0 N–H and O–H groups in total. The molecule has 0 saturated carbocycles. The zero-order valence-electron chi connectivity index (χ0n) is 6.32. The zero-order chi connectivity index (χ0) is 9.61. The molecule has 5 heteroatoms. The van der Waals surface area contributed by atoms with E-state index in [0.29, 0.717) is 6.42 Å². The molecule has 0 radical (unpaired) electrons. The third kappa shape index (κ3) is 4.72. The Morgan fingerprint density at radius 1 is 1.33 bits per heavy atom. The van der Waals surface area contributed by atoms with Crippen LogP contribution in [-0.2, 0) is 4.79 Å². The van der Waals surface area contributed by atoms with Crippen molar-refractivity contribution in [3.63, 3.8) is 0 Å². The van der Waals surface area contributed by atoms with Gasteiger partial charge in [0, 0.05) is 12.8 Å². The summed E-state index contributed by atoms with van der Waals surface area (Å²) < 4.78 is 34.6. The smallest absolute Gasteiger partial charge is 0.290 e. The molecule has 0 rings (SSSR count). The van der Waals surface area contributed by atoms with Crippen molar-refractivity contribution in [3.05, 3.63) is 0 Å². The molecule has 68 valence electrons. The van der Waals surface area contributed by atoms with E-state index in [1.807, 2.05) is 0 Å². The van der Waals surface area contributed by atoms with Crippen LogP contribution in [0.2, 0.25) is 0 Å². The number of nitrogens with zero attached hydrogens (tertiary/aromatic N) is 1. The average molecular weight is 179 g/mol. The molecule has 12 heavy (non-hydrogen) atoms. The summed E-state index contributed by atoms with van der Waals surface area (Å²) in [5, 5.41) is 8.03. The molecule has 0 aromatic carbocycles. The van der Waals surface area contributed by atoms with Crippen molar-refractivity contribution < 1.29 is 18.0 Å². The number of alkyl halides is 3. The van der Waals surface area contributed by atoms with Crippen LogP contribution in [0.5, 0.6) is 0 Å². The van der Waals surface area contributed by atoms with E-state index in [1.54, 1.807) is 6.07 Å². The largest absolute Gasteiger partial charge is 0.449 e. The van der Waals surface area contributed by atoms with Crippen LogP contribution in [0.1, 0.15) is 25.7 Å². The predicted octanol–water partition coefficient (Wildman–Crippen LogP) is 2.20. The van der Waals surface area contributed by atoms with Crippen LogP contribution in [0, 0.1) is 11.3 Å². The number of hydrogen-bond acceptors (Lipinski definition) is 2. The van der Waals surface area contributed by atoms with Gasteiger partial charge in [-0.2, -0.15) is 18.4 Å². The Balaban J connectivity index is 3.53. The lowest BCUT2D eigenvalue weighted by Crippen LogP contribution is -2.22. The maximum absolute atomic E-state index is 11.5. The fourth-order valence-corrected chi connectivity index (χ4v) is 0.631. The molecule has 2 nitrogen and oxygen atoms in total. The monoisotopic (exact) mass is 179 g/mol. The van der Waals surface area contributed by atoms with Gasteiger partial charge >= 0.3 is 6.18 Å². The lowest BCUT2D eigenvalue weighted by Gasteiger charge is -2.02. The fourth-order valence-electron chi connectivity index (χ4n) is 0.631. The van der Waals surface area contributed by atoms with E-state index in [-0.39, 0.29) is 12.8 Å². The first-order valence-corrected chi connectivity index (χ1v) is 3.45. The van der Waals surface area contributed by atoms with E-state index in [0.717, 1.165) is 0 Å². The number of hydrogen-bond donors (Lipinski definition) is 0. The van der Waals surface area contributed by atoms with Crippen molar-refractivity contribution in [3.8, 4) is 6.07 Å². The first-order valence-electron chi connectivity index (χ1n) is 3.45. The van der Waals surface area contributed by atoms with Crippen LogP contribution in [0.15, 0.2) is 0 Å². The SMILES string of the molecule is N#CCCCCC(=O)C(F)(F)F. The molecule has 0 spiro atoms. The van der Waals surface area contributed by atoms with Gasteiger partial charge in [0.1, 0.15) is 0 Å². The standard InChI is InChI=1S/C7H8F3NO/c8-7(9,10)6(12)4-2-1-3-5-11/h1-4H2. The summed E-state index contributed by atoms with van der Waals surface area (Å²) in [6.07, 6.45) is -4.55. The molecule has 0 aliphatic rings. The average Bonchev–Trinajstić information content (AvgIpc) is 1.96. The predicted molar refractivity (Wildman–Crippen MR) is 35.1 cm³/mol. The van der Waals surface area contributed by atoms with Gasteiger partial charge in [0.25, 0.3) is 0 Å². The fraction of sp³-hybridized carbons (Fsp3) is 0.714. The second-order valence-corrected chi connectivity index (χ2v) is 2.29. The van der Waals surface area contributed by atoms with Crippen molar-refractivity contribution in [2.45, 2.75) is 31.9 Å². The molecule has 0 atom stereocenters. The summed E-state index contributed by atoms with van der Waals surface area (Å²) >= 11 is 0. The molecule has 0 aliphatic carbocycles. The van der Waals surface area contributed by atoms with Crippen LogP contribution >= 0.6 is 0 Å². The highest BCUT2D eigenvalue weighted by Gasteiger charge is 2.36. The Labute approximate surface area is 68.0 Å². The number of nitriles is 1. The minimum absolute atomic E-state index is 0.131. The molecule has 0 aromatic heterocycles. The van der Waals surface area contributed by atoms with Crippen LogP contribution in [0.4, 0.5) is 13.2 Å². The number of halogens is 3. The minimum Gasteiger partial charge on any atom is -0.290 e. The van der Waals surface area contributed by atoms with Crippen LogP contribution in [0.25, 0.3) is 0 Å². The molecule has 0 unspecified atom stereocenters.